The molecule has 120 valence electrons. The van der Waals surface area contributed by atoms with Crippen LogP contribution >= 0.6 is 0 Å². The van der Waals surface area contributed by atoms with Gasteiger partial charge in [-0.1, -0.05) is 30.3 Å². The Morgan fingerprint density at radius 3 is 2.39 bits per heavy atom. The Morgan fingerprint density at radius 1 is 1.09 bits per heavy atom. The van der Waals surface area contributed by atoms with Crippen molar-refractivity contribution in [3.63, 3.8) is 0 Å². The van der Waals surface area contributed by atoms with Gasteiger partial charge < -0.3 is 10.6 Å². The number of likely N-dealkylation sites (tertiary alicyclic amines) is 1. The van der Waals surface area contributed by atoms with Gasteiger partial charge in [-0.3, -0.25) is 4.79 Å². The van der Waals surface area contributed by atoms with Gasteiger partial charge in [-0.25, -0.2) is 0 Å². The first-order valence-electron chi connectivity index (χ1n) is 8.33. The summed E-state index contributed by atoms with van der Waals surface area (Å²) in [5, 5.41) is 0. The molecule has 0 saturated carbocycles. The SMILES string of the molecule is Cc1ccccc1C(=O)N1CCC(Cc2ccc(N)cc2)CC1. The first kappa shape index (κ1) is 15.6. The number of carbonyl (C=O) groups excluding carboxylic acids is 1. The van der Waals surface area contributed by atoms with Gasteiger partial charge in [-0.2, -0.15) is 0 Å². The molecule has 0 unspecified atom stereocenters. The van der Waals surface area contributed by atoms with E-state index in [1.165, 1.54) is 5.56 Å². The zero-order chi connectivity index (χ0) is 16.2. The third-order valence-corrected chi connectivity index (χ3v) is 4.78. The Bertz CT molecular complexity index is 670. The fraction of sp³-hybridized carbons (Fsp3) is 0.350. The quantitative estimate of drug-likeness (QED) is 0.879. The average molecular weight is 308 g/mol. The Balaban J connectivity index is 1.57. The van der Waals surface area contributed by atoms with E-state index < -0.39 is 0 Å². The monoisotopic (exact) mass is 308 g/mol. The number of nitrogens with two attached hydrogens (primary N) is 1. The summed E-state index contributed by atoms with van der Waals surface area (Å²) in [5.41, 5.74) is 9.78. The van der Waals surface area contributed by atoms with E-state index in [2.05, 4.69) is 12.1 Å². The molecule has 2 N–H and O–H groups in total. The standard InChI is InChI=1S/C20H24N2O/c1-15-4-2-3-5-19(15)20(23)22-12-10-17(11-13-22)14-16-6-8-18(21)9-7-16/h2-9,17H,10-14,21H2,1H3. The average Bonchev–Trinajstić information content (AvgIpc) is 2.57. The molecule has 3 rings (SSSR count). The number of amides is 1. The molecule has 3 nitrogen and oxygen atoms in total. The second-order valence-electron chi connectivity index (χ2n) is 6.50. The van der Waals surface area contributed by atoms with E-state index in [-0.39, 0.29) is 5.91 Å². The first-order chi connectivity index (χ1) is 11.1. The van der Waals surface area contributed by atoms with Crippen LogP contribution in [-0.4, -0.2) is 23.9 Å². The smallest absolute Gasteiger partial charge is 0.254 e. The van der Waals surface area contributed by atoms with Crippen LogP contribution in [0, 0.1) is 12.8 Å². The molecule has 1 aliphatic heterocycles. The maximum absolute atomic E-state index is 12.6. The highest BCUT2D eigenvalue weighted by Crippen LogP contribution is 2.23. The number of piperidine rings is 1. The lowest BCUT2D eigenvalue weighted by Gasteiger charge is -2.32. The predicted octanol–water partition coefficient (Wildman–Crippen LogP) is 3.67. The third-order valence-electron chi connectivity index (χ3n) is 4.78. The molecule has 0 radical (unpaired) electrons. The highest BCUT2D eigenvalue weighted by Gasteiger charge is 2.24. The second kappa shape index (κ2) is 6.86. The zero-order valence-corrected chi connectivity index (χ0v) is 13.7. The molecule has 0 aromatic heterocycles. The minimum Gasteiger partial charge on any atom is -0.399 e. The maximum atomic E-state index is 12.6. The van der Waals surface area contributed by atoms with Crippen LogP contribution in [0.2, 0.25) is 0 Å². The number of hydrogen-bond donors (Lipinski definition) is 1. The molecule has 1 amide bonds. The molecule has 0 aliphatic carbocycles. The number of anilines is 1. The lowest BCUT2D eigenvalue weighted by Crippen LogP contribution is -2.39. The van der Waals surface area contributed by atoms with Crippen LogP contribution < -0.4 is 5.73 Å². The predicted molar refractivity (Wildman–Crippen MR) is 94.4 cm³/mol. The van der Waals surface area contributed by atoms with Crippen LogP contribution in [0.25, 0.3) is 0 Å². The molecular weight excluding hydrogens is 284 g/mol. The molecule has 3 heteroatoms. The number of carbonyl (C=O) groups is 1. The minimum absolute atomic E-state index is 0.175. The summed E-state index contributed by atoms with van der Waals surface area (Å²) in [5.74, 6) is 0.827. The van der Waals surface area contributed by atoms with Crippen LogP contribution in [0.4, 0.5) is 5.69 Å². The summed E-state index contributed by atoms with van der Waals surface area (Å²) in [6.07, 6.45) is 3.22. The van der Waals surface area contributed by atoms with E-state index in [4.69, 9.17) is 5.73 Å². The number of nitrogen functional groups attached to an aromatic ring is 1. The van der Waals surface area contributed by atoms with Crippen molar-refractivity contribution >= 4 is 11.6 Å². The molecule has 2 aromatic rings. The van der Waals surface area contributed by atoms with Crippen molar-refractivity contribution in [1.82, 2.24) is 4.90 Å². The molecule has 0 bridgehead atoms. The zero-order valence-electron chi connectivity index (χ0n) is 13.7. The summed E-state index contributed by atoms with van der Waals surface area (Å²) in [7, 11) is 0. The molecule has 23 heavy (non-hydrogen) atoms. The van der Waals surface area contributed by atoms with E-state index in [9.17, 15) is 4.79 Å². The van der Waals surface area contributed by atoms with Gasteiger partial charge in [0, 0.05) is 24.3 Å². The van der Waals surface area contributed by atoms with Gasteiger partial charge in [-0.15, -0.1) is 0 Å². The fourth-order valence-electron chi connectivity index (χ4n) is 3.31. The summed E-state index contributed by atoms with van der Waals surface area (Å²) in [4.78, 5) is 14.6. The summed E-state index contributed by atoms with van der Waals surface area (Å²) >= 11 is 0. The van der Waals surface area contributed by atoms with Gasteiger partial charge in [0.05, 0.1) is 0 Å². The summed E-state index contributed by atoms with van der Waals surface area (Å²) < 4.78 is 0. The van der Waals surface area contributed by atoms with E-state index in [0.29, 0.717) is 5.92 Å². The Labute approximate surface area is 138 Å². The highest BCUT2D eigenvalue weighted by molar-refractivity contribution is 5.95. The molecule has 0 spiro atoms. The van der Waals surface area contributed by atoms with Gasteiger partial charge in [0.2, 0.25) is 0 Å². The Kier molecular flexibility index (Phi) is 4.65. The van der Waals surface area contributed by atoms with Crippen molar-refractivity contribution in [2.45, 2.75) is 26.2 Å². The molecule has 2 aromatic carbocycles. The Morgan fingerprint density at radius 2 is 1.74 bits per heavy atom. The van der Waals surface area contributed by atoms with Gasteiger partial charge in [-0.05, 0) is 61.4 Å². The van der Waals surface area contributed by atoms with Crippen LogP contribution in [0.15, 0.2) is 48.5 Å². The van der Waals surface area contributed by atoms with Crippen molar-refractivity contribution in [1.29, 1.82) is 0 Å². The number of benzene rings is 2. The maximum Gasteiger partial charge on any atom is 0.254 e. The third kappa shape index (κ3) is 3.73. The van der Waals surface area contributed by atoms with Crippen molar-refractivity contribution < 1.29 is 4.79 Å². The van der Waals surface area contributed by atoms with Crippen molar-refractivity contribution in [3.8, 4) is 0 Å². The highest BCUT2D eigenvalue weighted by atomic mass is 16.2. The second-order valence-corrected chi connectivity index (χ2v) is 6.50. The lowest BCUT2D eigenvalue weighted by atomic mass is 9.90. The minimum atomic E-state index is 0.175. The lowest BCUT2D eigenvalue weighted by molar-refractivity contribution is 0.0690. The molecule has 1 aliphatic rings. The summed E-state index contributed by atoms with van der Waals surface area (Å²) in [6.45, 7) is 3.71. The van der Waals surface area contributed by atoms with E-state index in [1.807, 2.05) is 48.2 Å². The molecule has 1 fully saturated rings. The fourth-order valence-corrected chi connectivity index (χ4v) is 3.31. The molecule has 0 atom stereocenters. The topological polar surface area (TPSA) is 46.3 Å². The normalized spacial score (nSPS) is 15.6. The van der Waals surface area contributed by atoms with E-state index >= 15 is 0 Å². The Hall–Kier alpha value is -2.29. The molecule has 1 heterocycles. The van der Waals surface area contributed by atoms with E-state index in [1.54, 1.807) is 0 Å². The number of nitrogens with zero attached hydrogens (tertiary/aromatic N) is 1. The van der Waals surface area contributed by atoms with Crippen LogP contribution in [-0.2, 0) is 6.42 Å². The van der Waals surface area contributed by atoms with Gasteiger partial charge in [0.25, 0.3) is 5.91 Å². The molecular formula is C20H24N2O. The first-order valence-corrected chi connectivity index (χ1v) is 8.33. The molecule has 1 saturated heterocycles. The van der Waals surface area contributed by atoms with Crippen LogP contribution in [0.3, 0.4) is 0 Å². The largest absolute Gasteiger partial charge is 0.399 e. The van der Waals surface area contributed by atoms with Gasteiger partial charge >= 0.3 is 0 Å². The summed E-state index contributed by atoms with van der Waals surface area (Å²) in [6, 6.07) is 16.0. The number of aryl methyl sites for hydroxylation is 1. The van der Waals surface area contributed by atoms with Crippen molar-refractivity contribution in [2.24, 2.45) is 5.92 Å². The van der Waals surface area contributed by atoms with Crippen molar-refractivity contribution in [3.05, 3.63) is 65.2 Å². The van der Waals surface area contributed by atoms with Crippen molar-refractivity contribution in [2.75, 3.05) is 18.8 Å². The van der Waals surface area contributed by atoms with Gasteiger partial charge in [0.1, 0.15) is 0 Å². The van der Waals surface area contributed by atoms with Gasteiger partial charge in [0.15, 0.2) is 0 Å². The number of rotatable bonds is 3. The number of hydrogen-bond acceptors (Lipinski definition) is 2. The van der Waals surface area contributed by atoms with E-state index in [0.717, 1.165) is 49.2 Å². The van der Waals surface area contributed by atoms with Crippen LogP contribution in [0.1, 0.15) is 34.3 Å². The van der Waals surface area contributed by atoms with Crippen LogP contribution in [0.5, 0.6) is 0 Å².